The van der Waals surface area contributed by atoms with Crippen LogP contribution in [-0.4, -0.2) is 16.1 Å². The van der Waals surface area contributed by atoms with Crippen LogP contribution in [0.4, 0.5) is 6.01 Å². The van der Waals surface area contributed by atoms with Crippen molar-refractivity contribution in [1.29, 1.82) is 0 Å². The molecule has 0 fully saturated rings. The molecule has 21 heavy (non-hydrogen) atoms. The van der Waals surface area contributed by atoms with E-state index < -0.39 is 0 Å². The first-order valence-corrected chi connectivity index (χ1v) is 7.35. The average molecular weight is 340 g/mol. The van der Waals surface area contributed by atoms with E-state index in [1.807, 2.05) is 0 Å². The smallest absolute Gasteiger partial charge is 0.322 e. The van der Waals surface area contributed by atoms with Crippen LogP contribution >= 0.6 is 34.5 Å². The summed E-state index contributed by atoms with van der Waals surface area (Å²) in [6, 6.07) is 10.1. The van der Waals surface area contributed by atoms with E-state index in [1.165, 1.54) is 11.3 Å². The van der Waals surface area contributed by atoms with Crippen LogP contribution in [-0.2, 0) is 0 Å². The molecule has 2 aromatic heterocycles. The Kier molecular flexibility index (Phi) is 3.92. The maximum atomic E-state index is 12.0. The molecule has 0 radical (unpaired) electrons. The molecule has 5 nitrogen and oxygen atoms in total. The molecule has 0 aliphatic carbocycles. The first-order valence-electron chi connectivity index (χ1n) is 5.78. The number of hydrogen-bond acceptors (Lipinski definition) is 5. The number of nitrogens with one attached hydrogen (secondary N) is 1. The molecule has 8 heteroatoms. The molecule has 0 saturated heterocycles. The van der Waals surface area contributed by atoms with Gasteiger partial charge < -0.3 is 4.42 Å². The predicted molar refractivity (Wildman–Crippen MR) is 82.0 cm³/mol. The van der Waals surface area contributed by atoms with Crippen molar-refractivity contribution in [2.75, 3.05) is 5.32 Å². The van der Waals surface area contributed by atoms with Crippen LogP contribution in [0.2, 0.25) is 9.36 Å². The molecule has 1 aromatic carbocycles. The van der Waals surface area contributed by atoms with Gasteiger partial charge in [0.05, 0.1) is 9.21 Å². The van der Waals surface area contributed by atoms with Crippen molar-refractivity contribution in [3.05, 3.63) is 51.3 Å². The Balaban J connectivity index is 1.77. The molecular formula is C13H7Cl2N3O2S. The third-order valence-electron chi connectivity index (χ3n) is 2.52. The minimum Gasteiger partial charge on any atom is -0.402 e. The molecular weight excluding hydrogens is 333 g/mol. The zero-order valence-electron chi connectivity index (χ0n) is 10.3. The summed E-state index contributed by atoms with van der Waals surface area (Å²) in [7, 11) is 0. The highest BCUT2D eigenvalue weighted by molar-refractivity contribution is 7.19. The van der Waals surface area contributed by atoms with Crippen LogP contribution < -0.4 is 5.32 Å². The summed E-state index contributed by atoms with van der Waals surface area (Å²) < 4.78 is 5.99. The van der Waals surface area contributed by atoms with Crippen molar-refractivity contribution in [1.82, 2.24) is 10.2 Å². The van der Waals surface area contributed by atoms with Crippen LogP contribution in [0.3, 0.4) is 0 Å². The van der Waals surface area contributed by atoms with Gasteiger partial charge in [0.1, 0.15) is 0 Å². The zero-order valence-corrected chi connectivity index (χ0v) is 12.7. The minimum absolute atomic E-state index is 0.0134. The molecule has 106 valence electrons. The molecule has 1 amide bonds. The van der Waals surface area contributed by atoms with E-state index >= 15 is 0 Å². The lowest BCUT2D eigenvalue weighted by molar-refractivity contribution is 0.102. The number of carbonyl (C=O) groups is 1. The second-order valence-corrected chi connectivity index (χ2v) is 6.13. The number of aromatic nitrogens is 2. The largest absolute Gasteiger partial charge is 0.402 e. The molecule has 0 unspecified atom stereocenters. The van der Waals surface area contributed by atoms with Gasteiger partial charge in [0.25, 0.3) is 11.8 Å². The van der Waals surface area contributed by atoms with Crippen molar-refractivity contribution < 1.29 is 9.21 Å². The van der Waals surface area contributed by atoms with Gasteiger partial charge in [-0.15, -0.1) is 16.4 Å². The van der Waals surface area contributed by atoms with Crippen LogP contribution in [0.5, 0.6) is 0 Å². The summed E-state index contributed by atoms with van der Waals surface area (Å²) in [4.78, 5) is 12.7. The number of rotatable bonds is 3. The van der Waals surface area contributed by atoms with E-state index in [2.05, 4.69) is 15.5 Å². The summed E-state index contributed by atoms with van der Waals surface area (Å²) in [5.41, 5.74) is 0.404. The van der Waals surface area contributed by atoms with E-state index in [9.17, 15) is 4.79 Å². The highest BCUT2D eigenvalue weighted by Crippen LogP contribution is 2.30. The van der Waals surface area contributed by atoms with Crippen molar-refractivity contribution in [3.63, 3.8) is 0 Å². The molecule has 0 spiro atoms. The fourth-order valence-corrected chi connectivity index (χ4v) is 2.76. The predicted octanol–water partition coefficient (Wildman–Crippen LogP) is 4.36. The van der Waals surface area contributed by atoms with Gasteiger partial charge in [-0.25, -0.2) is 0 Å². The van der Waals surface area contributed by atoms with Gasteiger partial charge >= 0.3 is 6.01 Å². The monoisotopic (exact) mass is 339 g/mol. The second-order valence-electron chi connectivity index (χ2n) is 3.98. The molecule has 0 atom stereocenters. The van der Waals surface area contributed by atoms with Gasteiger partial charge in [-0.3, -0.25) is 10.1 Å². The third-order valence-corrected chi connectivity index (χ3v) is 3.97. The lowest BCUT2D eigenvalue weighted by Crippen LogP contribution is -2.11. The van der Waals surface area contributed by atoms with Gasteiger partial charge in [0, 0.05) is 10.6 Å². The highest BCUT2D eigenvalue weighted by atomic mass is 35.5. The lowest BCUT2D eigenvalue weighted by atomic mass is 10.2. The van der Waals surface area contributed by atoms with Crippen molar-refractivity contribution in [2.45, 2.75) is 0 Å². The van der Waals surface area contributed by atoms with Gasteiger partial charge in [-0.1, -0.05) is 34.4 Å². The Morgan fingerprint density at radius 1 is 1.19 bits per heavy atom. The summed E-state index contributed by atoms with van der Waals surface area (Å²) in [5, 5.41) is 10.6. The quantitative estimate of drug-likeness (QED) is 0.769. The van der Waals surface area contributed by atoms with Gasteiger partial charge in [-0.05, 0) is 30.3 Å². The van der Waals surface area contributed by atoms with E-state index in [0.717, 1.165) is 4.88 Å². The maximum Gasteiger partial charge on any atom is 0.322 e. The first-order chi connectivity index (χ1) is 10.1. The van der Waals surface area contributed by atoms with Gasteiger partial charge in [-0.2, -0.15) is 0 Å². The van der Waals surface area contributed by atoms with Crippen molar-refractivity contribution in [3.8, 4) is 10.8 Å². The van der Waals surface area contributed by atoms with E-state index in [4.69, 9.17) is 27.6 Å². The second kappa shape index (κ2) is 5.85. The average Bonchev–Trinajstić information content (AvgIpc) is 3.07. The SMILES string of the molecule is O=C(Nc1nnc(-c2ccc(Cl)s2)o1)c1cccc(Cl)c1. The Morgan fingerprint density at radius 2 is 2.05 bits per heavy atom. The number of benzene rings is 1. The van der Waals surface area contributed by atoms with E-state index in [0.29, 0.717) is 20.8 Å². The Labute approximate surface area is 133 Å². The van der Waals surface area contributed by atoms with E-state index in [1.54, 1.807) is 36.4 Å². The molecule has 3 aromatic rings. The molecule has 2 heterocycles. The zero-order chi connectivity index (χ0) is 14.8. The molecule has 0 aliphatic heterocycles. The van der Waals surface area contributed by atoms with Gasteiger partial charge in [0.2, 0.25) is 0 Å². The molecule has 0 aliphatic rings. The highest BCUT2D eigenvalue weighted by Gasteiger charge is 2.14. The summed E-state index contributed by atoms with van der Waals surface area (Å²) in [6.07, 6.45) is 0. The topological polar surface area (TPSA) is 68.0 Å². The van der Waals surface area contributed by atoms with Crippen LogP contribution in [0, 0.1) is 0 Å². The maximum absolute atomic E-state index is 12.0. The molecule has 0 bridgehead atoms. The lowest BCUT2D eigenvalue weighted by Gasteiger charge is -2.00. The molecule has 1 N–H and O–H groups in total. The minimum atomic E-state index is -0.378. The summed E-state index contributed by atoms with van der Waals surface area (Å²) in [6.45, 7) is 0. The fourth-order valence-electron chi connectivity index (χ4n) is 1.60. The normalized spacial score (nSPS) is 10.6. The number of thiophene rings is 1. The van der Waals surface area contributed by atoms with Crippen LogP contribution in [0.25, 0.3) is 10.8 Å². The Hall–Kier alpha value is -1.89. The fraction of sp³-hybridized carbons (Fsp3) is 0. The number of amides is 1. The Morgan fingerprint density at radius 3 is 2.76 bits per heavy atom. The first kappa shape index (κ1) is 14.1. The summed E-state index contributed by atoms with van der Waals surface area (Å²) >= 11 is 13.0. The van der Waals surface area contributed by atoms with E-state index in [-0.39, 0.29) is 11.9 Å². The molecule has 0 saturated carbocycles. The Bertz CT molecular complexity index is 800. The van der Waals surface area contributed by atoms with Crippen LogP contribution in [0.1, 0.15) is 10.4 Å². The number of hydrogen-bond donors (Lipinski definition) is 1. The standard InChI is InChI=1S/C13H7Cl2N3O2S/c14-8-3-1-2-7(6-8)11(19)16-13-18-17-12(20-13)9-4-5-10(15)21-9/h1-6H,(H,16,18,19). The third kappa shape index (κ3) is 3.24. The number of halogens is 2. The summed E-state index contributed by atoms with van der Waals surface area (Å²) in [5.74, 6) is -0.0785. The van der Waals surface area contributed by atoms with Crippen LogP contribution in [0.15, 0.2) is 40.8 Å². The van der Waals surface area contributed by atoms with Gasteiger partial charge in [0.15, 0.2) is 0 Å². The van der Waals surface area contributed by atoms with Crippen molar-refractivity contribution >= 4 is 46.5 Å². The number of nitrogens with zero attached hydrogens (tertiary/aromatic N) is 2. The number of anilines is 1. The molecule has 3 rings (SSSR count). The van der Waals surface area contributed by atoms with Crippen molar-refractivity contribution in [2.24, 2.45) is 0 Å². The number of carbonyl (C=O) groups excluding carboxylic acids is 1.